The third-order valence-electron chi connectivity index (χ3n) is 3.53. The second-order valence-corrected chi connectivity index (χ2v) is 5.84. The Kier molecular flexibility index (Phi) is 9.09. The summed E-state index contributed by atoms with van der Waals surface area (Å²) in [4.78, 5) is 46.3. The van der Waals surface area contributed by atoms with E-state index in [4.69, 9.17) is 5.11 Å². The number of ketones is 1. The number of carboxylic acid groups (broad SMARTS) is 1. The Morgan fingerprint density at radius 2 is 1.57 bits per heavy atom. The third-order valence-corrected chi connectivity index (χ3v) is 3.53. The standard InChI is InChI=1S/C15H27N3O5/c1-8(2)13(15(23)17-9(3)10(4)19)18-14(22)11(16-5)6-7-12(20)21/h8-9,11,13,16H,6-7H2,1-5H3,(H,17,23)(H,18,22)(H,20,21). The fourth-order valence-corrected chi connectivity index (χ4v) is 1.87. The van der Waals surface area contributed by atoms with Crippen molar-refractivity contribution in [1.29, 1.82) is 0 Å². The van der Waals surface area contributed by atoms with E-state index >= 15 is 0 Å². The lowest BCUT2D eigenvalue weighted by Gasteiger charge is -2.25. The molecule has 0 spiro atoms. The summed E-state index contributed by atoms with van der Waals surface area (Å²) >= 11 is 0. The summed E-state index contributed by atoms with van der Waals surface area (Å²) < 4.78 is 0. The van der Waals surface area contributed by atoms with Crippen molar-refractivity contribution in [1.82, 2.24) is 16.0 Å². The summed E-state index contributed by atoms with van der Waals surface area (Å²) in [6.07, 6.45) is -0.0349. The maximum atomic E-state index is 12.2. The normalized spacial score (nSPS) is 14.7. The first kappa shape index (κ1) is 21.0. The van der Waals surface area contributed by atoms with E-state index in [2.05, 4.69) is 16.0 Å². The lowest BCUT2D eigenvalue weighted by atomic mass is 10.0. The Bertz CT molecular complexity index is 450. The van der Waals surface area contributed by atoms with Gasteiger partial charge in [0.15, 0.2) is 5.78 Å². The van der Waals surface area contributed by atoms with E-state index in [1.807, 2.05) is 0 Å². The molecule has 0 aliphatic rings. The maximum absolute atomic E-state index is 12.2. The highest BCUT2D eigenvalue weighted by atomic mass is 16.4. The molecular weight excluding hydrogens is 302 g/mol. The smallest absolute Gasteiger partial charge is 0.303 e. The number of carbonyl (C=O) groups excluding carboxylic acids is 3. The SMILES string of the molecule is CNC(CCC(=O)O)C(=O)NC(C(=O)NC(C)C(C)=O)C(C)C. The summed E-state index contributed by atoms with van der Waals surface area (Å²) in [6, 6.07) is -2.14. The number of hydrogen-bond acceptors (Lipinski definition) is 5. The molecule has 4 N–H and O–H groups in total. The molecule has 3 atom stereocenters. The number of carbonyl (C=O) groups is 4. The molecule has 0 heterocycles. The monoisotopic (exact) mass is 329 g/mol. The number of carboxylic acids is 1. The molecule has 3 unspecified atom stereocenters. The predicted molar refractivity (Wildman–Crippen MR) is 84.8 cm³/mol. The first-order chi connectivity index (χ1) is 10.6. The van der Waals surface area contributed by atoms with Crippen LogP contribution in [0.3, 0.4) is 0 Å². The number of hydrogen-bond donors (Lipinski definition) is 4. The van der Waals surface area contributed by atoms with Crippen LogP contribution in [0.1, 0.15) is 40.5 Å². The summed E-state index contributed by atoms with van der Waals surface area (Å²) in [5, 5.41) is 16.6. The Balaban J connectivity index is 4.84. The number of likely N-dealkylation sites (N-methyl/N-ethyl adjacent to an activating group) is 1. The van der Waals surface area contributed by atoms with Crippen LogP contribution in [0.15, 0.2) is 0 Å². The minimum Gasteiger partial charge on any atom is -0.481 e. The van der Waals surface area contributed by atoms with Gasteiger partial charge in [-0.05, 0) is 33.2 Å². The number of rotatable bonds is 10. The molecule has 0 aromatic carbocycles. The maximum Gasteiger partial charge on any atom is 0.303 e. The fourth-order valence-electron chi connectivity index (χ4n) is 1.87. The van der Waals surface area contributed by atoms with Gasteiger partial charge in [0.2, 0.25) is 11.8 Å². The number of amides is 2. The first-order valence-electron chi connectivity index (χ1n) is 7.60. The molecule has 0 bridgehead atoms. The zero-order valence-electron chi connectivity index (χ0n) is 14.3. The van der Waals surface area contributed by atoms with E-state index in [1.54, 1.807) is 27.8 Å². The molecule has 8 nitrogen and oxygen atoms in total. The van der Waals surface area contributed by atoms with Crippen LogP contribution in [-0.2, 0) is 19.2 Å². The average Bonchev–Trinajstić information content (AvgIpc) is 2.44. The van der Waals surface area contributed by atoms with Gasteiger partial charge < -0.3 is 21.1 Å². The van der Waals surface area contributed by atoms with Gasteiger partial charge in [0.1, 0.15) is 6.04 Å². The summed E-state index contributed by atoms with van der Waals surface area (Å²) in [6.45, 7) is 6.49. The van der Waals surface area contributed by atoms with Gasteiger partial charge in [-0.1, -0.05) is 13.8 Å². The Labute approximate surface area is 136 Å². The predicted octanol–water partition coefficient (Wildman–Crippen LogP) is -0.326. The molecular formula is C15H27N3O5. The summed E-state index contributed by atoms with van der Waals surface area (Å²) in [5.41, 5.74) is 0. The molecule has 0 aromatic heterocycles. The van der Waals surface area contributed by atoms with Crippen molar-refractivity contribution in [3.8, 4) is 0 Å². The van der Waals surface area contributed by atoms with Crippen LogP contribution in [0.2, 0.25) is 0 Å². The van der Waals surface area contributed by atoms with Gasteiger partial charge in [0.25, 0.3) is 0 Å². The van der Waals surface area contributed by atoms with Gasteiger partial charge in [0, 0.05) is 6.42 Å². The van der Waals surface area contributed by atoms with Crippen molar-refractivity contribution in [3.63, 3.8) is 0 Å². The summed E-state index contributed by atoms with van der Waals surface area (Å²) in [5.74, 6) is -2.24. The van der Waals surface area contributed by atoms with E-state index in [-0.39, 0.29) is 24.5 Å². The Morgan fingerprint density at radius 3 is 1.96 bits per heavy atom. The molecule has 0 saturated carbocycles. The van der Waals surface area contributed by atoms with Crippen LogP contribution >= 0.6 is 0 Å². The van der Waals surface area contributed by atoms with Crippen LogP contribution in [0.5, 0.6) is 0 Å². The van der Waals surface area contributed by atoms with Crippen molar-refractivity contribution in [2.24, 2.45) is 5.92 Å². The van der Waals surface area contributed by atoms with Gasteiger partial charge in [-0.25, -0.2) is 0 Å². The van der Waals surface area contributed by atoms with Crippen molar-refractivity contribution in [2.45, 2.75) is 58.7 Å². The molecule has 0 aliphatic carbocycles. The summed E-state index contributed by atoms with van der Waals surface area (Å²) in [7, 11) is 1.55. The molecule has 8 heteroatoms. The second kappa shape index (κ2) is 9.94. The zero-order chi connectivity index (χ0) is 18.2. The lowest BCUT2D eigenvalue weighted by Crippen LogP contribution is -2.56. The van der Waals surface area contributed by atoms with Crippen molar-refractivity contribution < 1.29 is 24.3 Å². The minimum atomic E-state index is -0.994. The van der Waals surface area contributed by atoms with Gasteiger partial charge in [-0.3, -0.25) is 19.2 Å². The van der Waals surface area contributed by atoms with E-state index in [1.165, 1.54) is 6.92 Å². The van der Waals surface area contributed by atoms with Crippen molar-refractivity contribution in [3.05, 3.63) is 0 Å². The van der Waals surface area contributed by atoms with Gasteiger partial charge >= 0.3 is 5.97 Å². The van der Waals surface area contributed by atoms with Crippen LogP contribution in [0.25, 0.3) is 0 Å². The quantitative estimate of drug-likeness (QED) is 0.435. The molecule has 0 rings (SSSR count). The van der Waals surface area contributed by atoms with Crippen LogP contribution in [-0.4, -0.2) is 53.8 Å². The molecule has 132 valence electrons. The molecule has 0 aliphatic heterocycles. The molecule has 0 saturated heterocycles. The van der Waals surface area contributed by atoms with Crippen molar-refractivity contribution in [2.75, 3.05) is 7.05 Å². The molecule has 23 heavy (non-hydrogen) atoms. The van der Waals surface area contributed by atoms with Gasteiger partial charge in [0.05, 0.1) is 12.1 Å². The molecule has 0 fully saturated rings. The van der Waals surface area contributed by atoms with Gasteiger partial charge in [-0.15, -0.1) is 0 Å². The van der Waals surface area contributed by atoms with Crippen molar-refractivity contribution >= 4 is 23.6 Å². The van der Waals surface area contributed by atoms with Crippen LogP contribution in [0, 0.1) is 5.92 Å². The zero-order valence-corrected chi connectivity index (χ0v) is 14.3. The van der Waals surface area contributed by atoms with E-state index < -0.39 is 35.9 Å². The van der Waals surface area contributed by atoms with Gasteiger partial charge in [-0.2, -0.15) is 0 Å². The highest BCUT2D eigenvalue weighted by molar-refractivity contribution is 5.93. The number of aliphatic carboxylic acids is 1. The van der Waals surface area contributed by atoms with E-state index in [9.17, 15) is 19.2 Å². The molecule has 2 amide bonds. The first-order valence-corrected chi connectivity index (χ1v) is 7.60. The Morgan fingerprint density at radius 1 is 1.00 bits per heavy atom. The molecule has 0 radical (unpaired) electrons. The third kappa shape index (κ3) is 7.73. The second-order valence-electron chi connectivity index (χ2n) is 5.84. The largest absolute Gasteiger partial charge is 0.481 e. The topological polar surface area (TPSA) is 125 Å². The van der Waals surface area contributed by atoms with E-state index in [0.717, 1.165) is 0 Å². The fraction of sp³-hybridized carbons (Fsp3) is 0.733. The van der Waals surface area contributed by atoms with Crippen LogP contribution in [0.4, 0.5) is 0 Å². The average molecular weight is 329 g/mol. The molecule has 0 aromatic rings. The van der Waals surface area contributed by atoms with Crippen LogP contribution < -0.4 is 16.0 Å². The number of Topliss-reactive ketones (excluding diaryl/α,β-unsaturated/α-hetero) is 1. The Hall–Kier alpha value is -1.96. The lowest BCUT2D eigenvalue weighted by molar-refractivity contribution is -0.137. The highest BCUT2D eigenvalue weighted by Crippen LogP contribution is 2.05. The van der Waals surface area contributed by atoms with E-state index in [0.29, 0.717) is 0 Å². The number of nitrogens with one attached hydrogen (secondary N) is 3. The highest BCUT2D eigenvalue weighted by Gasteiger charge is 2.28. The minimum absolute atomic E-state index is 0.119.